The van der Waals surface area contributed by atoms with E-state index in [4.69, 9.17) is 4.74 Å². The minimum Gasteiger partial charge on any atom is -0.491 e. The molecule has 2 aliphatic carbocycles. The van der Waals surface area contributed by atoms with Gasteiger partial charge in [0.15, 0.2) is 0 Å². The quantitative estimate of drug-likeness (QED) is 0.725. The fraction of sp³-hybridized carbons (Fsp3) is 0.600. The average molecular weight is 345 g/mol. The van der Waals surface area contributed by atoms with Gasteiger partial charge in [0.1, 0.15) is 5.75 Å². The van der Waals surface area contributed by atoms with E-state index < -0.39 is 11.4 Å². The Bertz CT molecular complexity index is 616. The highest BCUT2D eigenvalue weighted by molar-refractivity contribution is 5.95. The Labute approximate surface area is 148 Å². The zero-order valence-electron chi connectivity index (χ0n) is 14.6. The summed E-state index contributed by atoms with van der Waals surface area (Å²) < 4.78 is 5.81. The molecule has 1 aromatic carbocycles. The van der Waals surface area contributed by atoms with Crippen LogP contribution in [0.25, 0.3) is 0 Å². The van der Waals surface area contributed by atoms with E-state index >= 15 is 0 Å². The van der Waals surface area contributed by atoms with E-state index in [-0.39, 0.29) is 12.3 Å². The van der Waals surface area contributed by atoms with Crippen LogP contribution in [-0.4, -0.2) is 23.6 Å². The minimum atomic E-state index is -0.926. The maximum absolute atomic E-state index is 12.6. The normalized spacial score (nSPS) is 19.7. The van der Waals surface area contributed by atoms with Crippen LogP contribution in [-0.2, 0) is 9.59 Å². The molecule has 2 fully saturated rings. The number of hydrogen-bond acceptors (Lipinski definition) is 3. The molecule has 136 valence electrons. The molecular formula is C20H27NO4. The van der Waals surface area contributed by atoms with Crippen molar-refractivity contribution in [2.45, 2.75) is 57.8 Å². The van der Waals surface area contributed by atoms with Crippen LogP contribution in [0.1, 0.15) is 57.8 Å². The van der Waals surface area contributed by atoms with Gasteiger partial charge in [-0.15, -0.1) is 0 Å². The number of anilines is 1. The lowest BCUT2D eigenvalue weighted by Gasteiger charge is -2.27. The molecule has 3 rings (SSSR count). The largest absolute Gasteiger partial charge is 0.491 e. The predicted molar refractivity (Wildman–Crippen MR) is 95.7 cm³/mol. The molecule has 25 heavy (non-hydrogen) atoms. The number of rotatable bonds is 7. The maximum atomic E-state index is 12.6. The number of aliphatic carboxylic acids is 1. The topological polar surface area (TPSA) is 75.6 Å². The van der Waals surface area contributed by atoms with Crippen LogP contribution >= 0.6 is 0 Å². The van der Waals surface area contributed by atoms with E-state index in [1.165, 1.54) is 12.8 Å². The molecule has 0 bridgehead atoms. The number of benzene rings is 1. The van der Waals surface area contributed by atoms with E-state index in [0.29, 0.717) is 36.8 Å². The third-order valence-electron chi connectivity index (χ3n) is 5.35. The van der Waals surface area contributed by atoms with Gasteiger partial charge in [-0.1, -0.05) is 37.8 Å². The van der Waals surface area contributed by atoms with Gasteiger partial charge in [0.05, 0.1) is 17.7 Å². The summed E-state index contributed by atoms with van der Waals surface area (Å²) >= 11 is 0. The standard InChI is InChI=1S/C20H27NO4/c22-18(13-20(19(23)24)11-5-1-2-6-12-20)21-16-7-3-4-8-17(16)25-14-15-9-10-15/h3-4,7-8,15H,1-2,5-6,9-14H2,(H,21,22)(H,23,24). The molecule has 1 aromatic rings. The van der Waals surface area contributed by atoms with Gasteiger partial charge in [-0.3, -0.25) is 9.59 Å². The summed E-state index contributed by atoms with van der Waals surface area (Å²) in [6.45, 7) is 0.673. The van der Waals surface area contributed by atoms with Crippen molar-refractivity contribution in [3.63, 3.8) is 0 Å². The molecular weight excluding hydrogens is 318 g/mol. The molecule has 1 amide bonds. The predicted octanol–water partition coefficient (Wildman–Crippen LogP) is 4.23. The second kappa shape index (κ2) is 7.89. The van der Waals surface area contributed by atoms with Crippen LogP contribution in [0.2, 0.25) is 0 Å². The molecule has 0 atom stereocenters. The van der Waals surface area contributed by atoms with Crippen LogP contribution in [0, 0.1) is 11.3 Å². The first-order valence-electron chi connectivity index (χ1n) is 9.34. The Morgan fingerprint density at radius 3 is 2.44 bits per heavy atom. The van der Waals surface area contributed by atoms with Gasteiger partial charge in [-0.05, 0) is 43.7 Å². The van der Waals surface area contributed by atoms with Gasteiger partial charge in [-0.25, -0.2) is 0 Å². The van der Waals surface area contributed by atoms with Gasteiger partial charge in [0, 0.05) is 6.42 Å². The van der Waals surface area contributed by atoms with Crippen LogP contribution < -0.4 is 10.1 Å². The Morgan fingerprint density at radius 1 is 1.12 bits per heavy atom. The molecule has 5 nitrogen and oxygen atoms in total. The van der Waals surface area contributed by atoms with Crippen LogP contribution in [0.5, 0.6) is 5.75 Å². The number of carbonyl (C=O) groups is 2. The van der Waals surface area contributed by atoms with Crippen molar-refractivity contribution >= 4 is 17.6 Å². The molecule has 0 saturated heterocycles. The van der Waals surface area contributed by atoms with Gasteiger partial charge >= 0.3 is 5.97 Å². The highest BCUT2D eigenvalue weighted by atomic mass is 16.5. The Hall–Kier alpha value is -2.04. The van der Waals surface area contributed by atoms with Gasteiger partial charge in [-0.2, -0.15) is 0 Å². The number of amides is 1. The van der Waals surface area contributed by atoms with E-state index in [1.807, 2.05) is 18.2 Å². The van der Waals surface area contributed by atoms with Crippen molar-refractivity contribution < 1.29 is 19.4 Å². The Balaban J connectivity index is 1.65. The lowest BCUT2D eigenvalue weighted by atomic mass is 9.77. The second-order valence-electron chi connectivity index (χ2n) is 7.48. The SMILES string of the molecule is O=C(CC1(C(=O)O)CCCCCC1)Nc1ccccc1OCC1CC1. The number of para-hydroxylation sites is 2. The molecule has 0 aliphatic heterocycles. The van der Waals surface area contributed by atoms with E-state index in [2.05, 4.69) is 5.32 Å². The fourth-order valence-corrected chi connectivity index (χ4v) is 3.56. The van der Waals surface area contributed by atoms with Gasteiger partial charge in [0.25, 0.3) is 0 Å². The maximum Gasteiger partial charge on any atom is 0.310 e. The molecule has 0 spiro atoms. The Kier molecular flexibility index (Phi) is 5.61. The third kappa shape index (κ3) is 4.74. The van der Waals surface area contributed by atoms with Crippen LogP contribution in [0.4, 0.5) is 5.69 Å². The summed E-state index contributed by atoms with van der Waals surface area (Å²) in [5.41, 5.74) is -0.299. The number of ether oxygens (including phenoxy) is 1. The summed E-state index contributed by atoms with van der Waals surface area (Å²) in [5.74, 6) is 0.201. The fourth-order valence-electron chi connectivity index (χ4n) is 3.56. The molecule has 2 aliphatic rings. The zero-order chi connectivity index (χ0) is 17.7. The van der Waals surface area contributed by atoms with Crippen LogP contribution in [0.3, 0.4) is 0 Å². The van der Waals surface area contributed by atoms with E-state index in [0.717, 1.165) is 25.7 Å². The van der Waals surface area contributed by atoms with Gasteiger partial charge < -0.3 is 15.2 Å². The first-order chi connectivity index (χ1) is 12.1. The van der Waals surface area contributed by atoms with E-state index in [1.54, 1.807) is 6.07 Å². The summed E-state index contributed by atoms with van der Waals surface area (Å²) in [7, 11) is 0. The lowest BCUT2D eigenvalue weighted by molar-refractivity contribution is -0.152. The summed E-state index contributed by atoms with van der Waals surface area (Å²) in [5, 5.41) is 12.6. The summed E-state index contributed by atoms with van der Waals surface area (Å²) in [4.78, 5) is 24.4. The molecule has 0 unspecified atom stereocenters. The van der Waals surface area contributed by atoms with Crippen LogP contribution in [0.15, 0.2) is 24.3 Å². The average Bonchev–Trinajstić information content (AvgIpc) is 3.41. The number of carbonyl (C=O) groups excluding carboxylic acids is 1. The number of hydrogen-bond donors (Lipinski definition) is 2. The molecule has 0 heterocycles. The molecule has 2 saturated carbocycles. The van der Waals surface area contributed by atoms with Crippen molar-refractivity contribution in [2.75, 3.05) is 11.9 Å². The second-order valence-corrected chi connectivity index (χ2v) is 7.48. The highest BCUT2D eigenvalue weighted by Crippen LogP contribution is 2.39. The first-order valence-corrected chi connectivity index (χ1v) is 9.34. The summed E-state index contributed by atoms with van der Waals surface area (Å²) in [6.07, 6.45) is 7.44. The van der Waals surface area contributed by atoms with Crippen molar-refractivity contribution in [3.05, 3.63) is 24.3 Å². The van der Waals surface area contributed by atoms with E-state index in [9.17, 15) is 14.7 Å². The number of nitrogens with one attached hydrogen (secondary N) is 1. The molecule has 0 aromatic heterocycles. The third-order valence-corrected chi connectivity index (χ3v) is 5.35. The van der Waals surface area contributed by atoms with Crippen molar-refractivity contribution in [3.8, 4) is 5.75 Å². The minimum absolute atomic E-state index is 0.0271. The number of carboxylic acids is 1. The molecule has 5 heteroatoms. The zero-order valence-corrected chi connectivity index (χ0v) is 14.6. The van der Waals surface area contributed by atoms with Crippen molar-refractivity contribution in [1.82, 2.24) is 0 Å². The lowest BCUT2D eigenvalue weighted by Crippen LogP contribution is -2.35. The first kappa shape index (κ1) is 17.8. The smallest absolute Gasteiger partial charge is 0.310 e. The Morgan fingerprint density at radius 2 is 1.80 bits per heavy atom. The number of carboxylic acid groups (broad SMARTS) is 1. The van der Waals surface area contributed by atoms with Crippen molar-refractivity contribution in [2.24, 2.45) is 11.3 Å². The summed E-state index contributed by atoms with van der Waals surface area (Å²) in [6, 6.07) is 7.37. The molecule has 0 radical (unpaired) electrons. The molecule has 2 N–H and O–H groups in total. The highest BCUT2D eigenvalue weighted by Gasteiger charge is 2.40. The monoisotopic (exact) mass is 345 g/mol. The van der Waals surface area contributed by atoms with Crippen molar-refractivity contribution in [1.29, 1.82) is 0 Å². The van der Waals surface area contributed by atoms with Gasteiger partial charge in [0.2, 0.25) is 5.91 Å².